The molecular weight excluding hydrogens is 456 g/mol. The van der Waals surface area contributed by atoms with Crippen LogP contribution in [0.4, 0.5) is 8.78 Å². The molecular formula is C23H29F2NO8. The van der Waals surface area contributed by atoms with E-state index in [-0.39, 0.29) is 56.5 Å². The monoisotopic (exact) mass is 485 g/mol. The van der Waals surface area contributed by atoms with Crippen LogP contribution in [0.1, 0.15) is 52.4 Å². The molecule has 9 nitrogen and oxygen atoms in total. The number of aliphatic hydroxyl groups excluding tert-OH is 2. The van der Waals surface area contributed by atoms with Crippen molar-refractivity contribution in [3.05, 3.63) is 33.7 Å². The molecule has 34 heavy (non-hydrogen) atoms. The second-order valence-corrected chi connectivity index (χ2v) is 10.3. The quantitative estimate of drug-likeness (QED) is 0.254. The maximum atomic E-state index is 17.0. The van der Waals surface area contributed by atoms with Gasteiger partial charge in [0.25, 0.3) is 5.09 Å². The zero-order valence-corrected chi connectivity index (χ0v) is 19.0. The molecule has 8 atom stereocenters. The minimum Gasteiger partial charge on any atom is -0.459 e. The lowest BCUT2D eigenvalue weighted by Crippen LogP contribution is -2.67. The van der Waals surface area contributed by atoms with Crippen molar-refractivity contribution < 1.29 is 43.2 Å². The molecule has 4 aliphatic carbocycles. The molecule has 0 bridgehead atoms. The van der Waals surface area contributed by atoms with E-state index in [0.717, 1.165) is 0 Å². The second kappa shape index (κ2) is 8.37. The first-order valence-electron chi connectivity index (χ1n) is 11.5. The predicted octanol–water partition coefficient (Wildman–Crippen LogP) is 2.53. The summed E-state index contributed by atoms with van der Waals surface area (Å²) in [5.41, 5.74) is -4.74. The third-order valence-corrected chi connectivity index (χ3v) is 8.57. The molecule has 2 saturated carbocycles. The number of ketones is 1. The molecule has 0 aromatic carbocycles. The van der Waals surface area contributed by atoms with E-state index in [0.29, 0.717) is 0 Å². The van der Waals surface area contributed by atoms with Gasteiger partial charge in [-0.15, -0.1) is 10.1 Å². The van der Waals surface area contributed by atoms with Gasteiger partial charge in [0.05, 0.1) is 18.8 Å². The Kier molecular flexibility index (Phi) is 6.08. The Morgan fingerprint density at radius 3 is 2.71 bits per heavy atom. The molecule has 0 aliphatic heterocycles. The fraction of sp³-hybridized carbons (Fsp3) is 0.739. The van der Waals surface area contributed by atoms with E-state index in [2.05, 4.69) is 4.84 Å². The van der Waals surface area contributed by atoms with Gasteiger partial charge in [0.15, 0.2) is 11.5 Å². The number of nitrogens with zero attached hydrogens (tertiary/aromatic N) is 1. The lowest BCUT2D eigenvalue weighted by Gasteiger charge is -2.61. The Balaban J connectivity index is 1.59. The highest BCUT2D eigenvalue weighted by molar-refractivity contribution is 5.93. The van der Waals surface area contributed by atoms with Crippen LogP contribution in [0.5, 0.6) is 0 Å². The summed E-state index contributed by atoms with van der Waals surface area (Å²) in [6.07, 6.45) is -1.94. The van der Waals surface area contributed by atoms with E-state index in [9.17, 15) is 29.9 Å². The van der Waals surface area contributed by atoms with E-state index in [1.807, 2.05) is 0 Å². The summed E-state index contributed by atoms with van der Waals surface area (Å²) in [6.45, 7) is 2.91. The van der Waals surface area contributed by atoms with Crippen LogP contribution in [0.2, 0.25) is 0 Å². The fourth-order valence-electron chi connectivity index (χ4n) is 6.92. The van der Waals surface area contributed by atoms with Gasteiger partial charge in [-0.3, -0.25) is 9.59 Å². The Morgan fingerprint density at radius 2 is 2.03 bits per heavy atom. The molecule has 0 aromatic heterocycles. The highest BCUT2D eigenvalue weighted by Crippen LogP contribution is 2.68. The maximum absolute atomic E-state index is 17.0. The largest absolute Gasteiger partial charge is 0.459 e. The predicted molar refractivity (Wildman–Crippen MR) is 112 cm³/mol. The molecule has 0 heterocycles. The van der Waals surface area contributed by atoms with E-state index >= 15 is 8.78 Å². The Hall–Kier alpha value is -2.40. The van der Waals surface area contributed by atoms with Gasteiger partial charge < -0.3 is 19.8 Å². The number of fused-ring (bicyclic) bond motifs is 5. The average Bonchev–Trinajstić information content (AvgIpc) is 2.99. The van der Waals surface area contributed by atoms with Crippen molar-refractivity contribution in [3.8, 4) is 0 Å². The number of carbonyl (C=O) groups excluding carboxylic acids is 2. The topological polar surface area (TPSA) is 136 Å². The minimum absolute atomic E-state index is 0.0316. The van der Waals surface area contributed by atoms with E-state index < -0.39 is 63.5 Å². The summed E-state index contributed by atoms with van der Waals surface area (Å²) in [7, 11) is 0. The summed E-state index contributed by atoms with van der Waals surface area (Å²) in [4.78, 5) is 38.6. The number of ether oxygens (including phenoxy) is 1. The smallest absolute Gasteiger partial charge is 0.306 e. The van der Waals surface area contributed by atoms with E-state index in [4.69, 9.17) is 4.74 Å². The summed E-state index contributed by atoms with van der Waals surface area (Å²) >= 11 is 0. The van der Waals surface area contributed by atoms with Crippen molar-refractivity contribution in [2.75, 3.05) is 6.61 Å². The lowest BCUT2D eigenvalue weighted by molar-refractivity contribution is -0.757. The summed E-state index contributed by atoms with van der Waals surface area (Å²) in [5, 5.41) is 31.2. The van der Waals surface area contributed by atoms with Gasteiger partial charge in [-0.05, 0) is 43.8 Å². The van der Waals surface area contributed by atoms with Gasteiger partial charge in [-0.2, -0.15) is 0 Å². The number of hydrogen-bond acceptors (Lipinski definition) is 8. The van der Waals surface area contributed by atoms with Gasteiger partial charge in [0.1, 0.15) is 11.9 Å². The summed E-state index contributed by atoms with van der Waals surface area (Å²) in [5.74, 6) is -3.20. The van der Waals surface area contributed by atoms with Crippen molar-refractivity contribution in [1.82, 2.24) is 0 Å². The fourth-order valence-corrected chi connectivity index (χ4v) is 6.92. The molecule has 0 saturated heterocycles. The number of hydrogen-bond donors (Lipinski definition) is 2. The molecule has 2 unspecified atom stereocenters. The number of carbonyl (C=O) groups is 2. The maximum Gasteiger partial charge on any atom is 0.306 e. The number of rotatable bonds is 6. The van der Waals surface area contributed by atoms with Crippen LogP contribution in [0.15, 0.2) is 23.6 Å². The first-order chi connectivity index (χ1) is 15.8. The molecule has 0 radical (unpaired) electrons. The number of alkyl halides is 1. The van der Waals surface area contributed by atoms with Crippen molar-refractivity contribution >= 4 is 11.8 Å². The zero-order chi connectivity index (χ0) is 25.1. The number of allylic oxidation sites excluding steroid dienone is 4. The van der Waals surface area contributed by atoms with Gasteiger partial charge in [-0.25, -0.2) is 8.78 Å². The average molecular weight is 485 g/mol. The molecule has 2 N–H and O–H groups in total. The molecule has 2 fully saturated rings. The van der Waals surface area contributed by atoms with Crippen LogP contribution < -0.4 is 0 Å². The Labute approximate surface area is 194 Å². The molecule has 188 valence electrons. The summed E-state index contributed by atoms with van der Waals surface area (Å²) < 4.78 is 37.7. The molecule has 4 aliphatic rings. The zero-order valence-electron chi connectivity index (χ0n) is 19.0. The third-order valence-electron chi connectivity index (χ3n) is 8.57. The first kappa shape index (κ1) is 24.7. The molecule has 11 heteroatoms. The van der Waals surface area contributed by atoms with Crippen LogP contribution in [0, 0.1) is 32.8 Å². The highest BCUT2D eigenvalue weighted by Gasteiger charge is 2.72. The molecule has 0 amide bonds. The van der Waals surface area contributed by atoms with E-state index in [1.165, 1.54) is 19.1 Å². The van der Waals surface area contributed by atoms with E-state index in [1.54, 1.807) is 6.92 Å². The van der Waals surface area contributed by atoms with Crippen LogP contribution in [0.3, 0.4) is 0 Å². The van der Waals surface area contributed by atoms with Crippen LogP contribution in [0.25, 0.3) is 0 Å². The second-order valence-electron chi connectivity index (χ2n) is 10.3. The Morgan fingerprint density at radius 1 is 1.32 bits per heavy atom. The third kappa shape index (κ3) is 3.55. The van der Waals surface area contributed by atoms with Crippen LogP contribution in [-0.2, 0) is 19.2 Å². The van der Waals surface area contributed by atoms with Gasteiger partial charge in [0, 0.05) is 36.0 Å². The first-order valence-corrected chi connectivity index (χ1v) is 11.5. The normalized spacial score (nSPS) is 43.1. The Bertz CT molecular complexity index is 969. The van der Waals surface area contributed by atoms with Gasteiger partial charge >= 0.3 is 5.97 Å². The minimum atomic E-state index is -2.27. The molecule has 0 aromatic rings. The number of halogens is 2. The van der Waals surface area contributed by atoms with Gasteiger partial charge in [0.2, 0.25) is 0 Å². The van der Waals surface area contributed by atoms with Crippen molar-refractivity contribution in [1.29, 1.82) is 0 Å². The molecule has 4 rings (SSSR count). The van der Waals surface area contributed by atoms with Gasteiger partial charge in [-0.1, -0.05) is 13.0 Å². The van der Waals surface area contributed by atoms with Crippen molar-refractivity contribution in [2.45, 2.75) is 76.4 Å². The number of esters is 1. The SMILES string of the molecule is C[C@]12C[C@H](O)[C@@]3(F)C(CC(F)=C4CC(=O)C=C[C@@]43C)C1C[C@@H](O)[C@H]2OC(=O)CCCO[N+](=O)[O-]. The van der Waals surface area contributed by atoms with Crippen molar-refractivity contribution in [2.24, 2.45) is 22.7 Å². The van der Waals surface area contributed by atoms with Crippen molar-refractivity contribution in [3.63, 3.8) is 0 Å². The van der Waals surface area contributed by atoms with Crippen LogP contribution >= 0.6 is 0 Å². The summed E-state index contributed by atoms with van der Waals surface area (Å²) in [6, 6.07) is 0. The standard InChI is InChI=1S/C23H29F2NO8/c1-21-11-18(29)23(25)14(9-16(24)15-8-12(27)5-6-22(15,23)2)13(21)10-17(28)20(21)34-19(30)4-3-7-33-26(31)32/h5-6,13-14,17-18,20,28-29H,3-4,7-11H2,1-2H3/t13?,14?,17-,18+,20-,21+,22+,23+/m1/s1. The van der Waals surface area contributed by atoms with Crippen LogP contribution in [-0.4, -0.2) is 57.6 Å². The molecule has 0 spiro atoms. The number of aliphatic hydroxyl groups is 2. The lowest BCUT2D eigenvalue weighted by atomic mass is 9.46. The highest BCUT2D eigenvalue weighted by atomic mass is 19.1.